The zero-order chi connectivity index (χ0) is 20.7. The van der Waals surface area contributed by atoms with E-state index >= 15 is 0 Å². The van der Waals surface area contributed by atoms with E-state index in [-0.39, 0.29) is 11.7 Å². The quantitative estimate of drug-likeness (QED) is 0.456. The summed E-state index contributed by atoms with van der Waals surface area (Å²) in [5, 5.41) is 18.9. The molecule has 0 unspecified atom stereocenters. The largest absolute Gasteiger partial charge is 0.490 e. The van der Waals surface area contributed by atoms with Gasteiger partial charge in [-0.15, -0.1) is 0 Å². The van der Waals surface area contributed by atoms with Gasteiger partial charge >= 0.3 is 5.97 Å². The standard InChI is InChI=1S/C22H22ClNO4/c1-4-14(3)28-21-19(23)11-15(12-20(21)27-5-2)10-18(13-24)16-6-8-17(9-7-16)22(25)26/h6-12,14H,4-5H2,1-3H3,(H,25,26)/b18-10-/t14-/m0/s1. The van der Waals surface area contributed by atoms with Crippen LogP contribution in [0.15, 0.2) is 36.4 Å². The molecule has 0 bridgehead atoms. The second-order valence-corrected chi connectivity index (χ2v) is 6.56. The summed E-state index contributed by atoms with van der Waals surface area (Å²) < 4.78 is 11.6. The Morgan fingerprint density at radius 3 is 2.43 bits per heavy atom. The van der Waals surface area contributed by atoms with Crippen molar-refractivity contribution in [3.8, 4) is 17.6 Å². The fraction of sp³-hybridized carbons (Fsp3) is 0.273. The Morgan fingerprint density at radius 1 is 1.25 bits per heavy atom. The van der Waals surface area contributed by atoms with E-state index in [0.29, 0.717) is 39.8 Å². The third-order valence-electron chi connectivity index (χ3n) is 4.10. The Balaban J connectivity index is 2.44. The minimum Gasteiger partial charge on any atom is -0.490 e. The monoisotopic (exact) mass is 399 g/mol. The second kappa shape index (κ2) is 9.82. The summed E-state index contributed by atoms with van der Waals surface area (Å²) in [6.45, 7) is 6.29. The molecule has 0 amide bonds. The number of carboxylic acid groups (broad SMARTS) is 1. The Hall–Kier alpha value is -2.97. The lowest BCUT2D eigenvalue weighted by molar-refractivity contribution is 0.0697. The van der Waals surface area contributed by atoms with Crippen molar-refractivity contribution in [3.63, 3.8) is 0 Å². The number of aromatic carboxylic acids is 1. The predicted octanol–water partition coefficient (Wildman–Crippen LogP) is 5.68. The van der Waals surface area contributed by atoms with Gasteiger partial charge in [0.2, 0.25) is 0 Å². The van der Waals surface area contributed by atoms with E-state index in [1.54, 1.807) is 30.3 Å². The molecular weight excluding hydrogens is 378 g/mol. The van der Waals surface area contributed by atoms with E-state index in [4.69, 9.17) is 26.2 Å². The van der Waals surface area contributed by atoms with Crippen LogP contribution in [0.3, 0.4) is 0 Å². The number of benzene rings is 2. The van der Waals surface area contributed by atoms with E-state index in [1.807, 2.05) is 20.8 Å². The molecule has 0 saturated heterocycles. The first kappa shape index (κ1) is 21.3. The molecule has 0 aliphatic carbocycles. The van der Waals surface area contributed by atoms with Crippen LogP contribution in [0, 0.1) is 11.3 Å². The molecule has 5 nitrogen and oxygen atoms in total. The lowest BCUT2D eigenvalue weighted by Crippen LogP contribution is -2.11. The summed E-state index contributed by atoms with van der Waals surface area (Å²) in [7, 11) is 0. The average molecular weight is 400 g/mol. The van der Waals surface area contributed by atoms with Gasteiger partial charge in [0.1, 0.15) is 0 Å². The number of hydrogen-bond acceptors (Lipinski definition) is 4. The molecule has 2 rings (SSSR count). The maximum absolute atomic E-state index is 11.0. The summed E-state index contributed by atoms with van der Waals surface area (Å²) >= 11 is 6.42. The van der Waals surface area contributed by atoms with Crippen molar-refractivity contribution in [1.82, 2.24) is 0 Å². The highest BCUT2D eigenvalue weighted by molar-refractivity contribution is 6.32. The van der Waals surface area contributed by atoms with Crippen molar-refractivity contribution in [1.29, 1.82) is 5.26 Å². The van der Waals surface area contributed by atoms with E-state index < -0.39 is 5.97 Å². The molecule has 2 aromatic carbocycles. The van der Waals surface area contributed by atoms with Crippen LogP contribution in [0.2, 0.25) is 5.02 Å². The summed E-state index contributed by atoms with van der Waals surface area (Å²) in [5.74, 6) is -0.0153. The van der Waals surface area contributed by atoms with Gasteiger partial charge in [-0.05, 0) is 61.7 Å². The first-order chi connectivity index (χ1) is 13.4. The topological polar surface area (TPSA) is 79.5 Å². The number of nitriles is 1. The summed E-state index contributed by atoms with van der Waals surface area (Å²) in [5.41, 5.74) is 1.84. The first-order valence-corrected chi connectivity index (χ1v) is 9.35. The van der Waals surface area contributed by atoms with Crippen LogP contribution < -0.4 is 9.47 Å². The number of allylic oxidation sites excluding steroid dienone is 1. The number of carbonyl (C=O) groups is 1. The molecule has 0 radical (unpaired) electrons. The number of ether oxygens (including phenoxy) is 2. The van der Waals surface area contributed by atoms with E-state index in [9.17, 15) is 10.1 Å². The maximum atomic E-state index is 11.0. The third-order valence-corrected chi connectivity index (χ3v) is 4.38. The maximum Gasteiger partial charge on any atom is 0.335 e. The van der Waals surface area contributed by atoms with E-state index in [1.165, 1.54) is 12.1 Å². The molecule has 0 fully saturated rings. The van der Waals surface area contributed by atoms with Gasteiger partial charge in [-0.1, -0.05) is 30.7 Å². The van der Waals surface area contributed by atoms with Gasteiger partial charge < -0.3 is 14.6 Å². The van der Waals surface area contributed by atoms with Crippen LogP contribution in [-0.4, -0.2) is 23.8 Å². The zero-order valence-electron chi connectivity index (χ0n) is 16.0. The normalized spacial score (nSPS) is 12.2. The highest BCUT2D eigenvalue weighted by Crippen LogP contribution is 2.38. The number of hydrogen-bond donors (Lipinski definition) is 1. The van der Waals surface area contributed by atoms with Gasteiger partial charge in [0, 0.05) is 0 Å². The Labute approximate surface area is 169 Å². The van der Waals surface area contributed by atoms with Crippen LogP contribution in [0.4, 0.5) is 0 Å². The van der Waals surface area contributed by atoms with Gasteiger partial charge in [0.25, 0.3) is 0 Å². The molecular formula is C22H22ClNO4. The third kappa shape index (κ3) is 5.28. The van der Waals surface area contributed by atoms with Crippen molar-refractivity contribution in [2.24, 2.45) is 0 Å². The highest BCUT2D eigenvalue weighted by Gasteiger charge is 2.15. The van der Waals surface area contributed by atoms with Gasteiger partial charge in [0.15, 0.2) is 11.5 Å². The molecule has 2 aromatic rings. The molecule has 1 N–H and O–H groups in total. The summed E-state index contributed by atoms with van der Waals surface area (Å²) in [4.78, 5) is 11.0. The van der Waals surface area contributed by atoms with Crippen LogP contribution in [0.1, 0.15) is 48.7 Å². The lowest BCUT2D eigenvalue weighted by Gasteiger charge is -2.18. The van der Waals surface area contributed by atoms with Crippen molar-refractivity contribution >= 4 is 29.2 Å². The van der Waals surface area contributed by atoms with E-state index in [2.05, 4.69) is 6.07 Å². The smallest absolute Gasteiger partial charge is 0.335 e. The SMILES string of the molecule is CCOc1cc(/C=C(/C#N)c2ccc(C(=O)O)cc2)cc(Cl)c1O[C@@H](C)CC. The molecule has 0 spiro atoms. The summed E-state index contributed by atoms with van der Waals surface area (Å²) in [6, 6.07) is 11.8. The second-order valence-electron chi connectivity index (χ2n) is 6.15. The minimum absolute atomic E-state index is 0.0134. The molecule has 146 valence electrons. The van der Waals surface area contributed by atoms with Gasteiger partial charge in [-0.3, -0.25) is 0 Å². The van der Waals surface area contributed by atoms with Crippen LogP contribution >= 0.6 is 11.6 Å². The number of nitrogens with zero attached hydrogens (tertiary/aromatic N) is 1. The fourth-order valence-electron chi connectivity index (χ4n) is 2.47. The Morgan fingerprint density at radius 2 is 1.89 bits per heavy atom. The number of carboxylic acids is 1. The molecule has 28 heavy (non-hydrogen) atoms. The Kier molecular flexibility index (Phi) is 7.48. The Bertz CT molecular complexity index is 913. The fourth-order valence-corrected chi connectivity index (χ4v) is 2.74. The average Bonchev–Trinajstić information content (AvgIpc) is 2.68. The molecule has 0 heterocycles. The minimum atomic E-state index is -1.01. The van der Waals surface area contributed by atoms with Crippen molar-refractivity contribution in [2.45, 2.75) is 33.3 Å². The van der Waals surface area contributed by atoms with Gasteiger partial charge in [-0.25, -0.2) is 4.79 Å². The first-order valence-electron chi connectivity index (χ1n) is 8.98. The van der Waals surface area contributed by atoms with E-state index in [0.717, 1.165) is 6.42 Å². The van der Waals surface area contributed by atoms with Crippen molar-refractivity contribution in [3.05, 3.63) is 58.1 Å². The van der Waals surface area contributed by atoms with Crippen molar-refractivity contribution < 1.29 is 19.4 Å². The van der Waals surface area contributed by atoms with Crippen LogP contribution in [-0.2, 0) is 0 Å². The summed E-state index contributed by atoms with van der Waals surface area (Å²) in [6.07, 6.45) is 2.49. The van der Waals surface area contributed by atoms with Crippen LogP contribution in [0.25, 0.3) is 11.6 Å². The lowest BCUT2D eigenvalue weighted by atomic mass is 10.0. The van der Waals surface area contributed by atoms with Gasteiger partial charge in [-0.2, -0.15) is 5.26 Å². The molecule has 0 saturated carbocycles. The predicted molar refractivity (Wildman–Crippen MR) is 110 cm³/mol. The highest BCUT2D eigenvalue weighted by atomic mass is 35.5. The van der Waals surface area contributed by atoms with Crippen LogP contribution in [0.5, 0.6) is 11.5 Å². The van der Waals surface area contributed by atoms with Gasteiger partial charge in [0.05, 0.1) is 34.9 Å². The number of halogens is 1. The molecule has 0 aliphatic heterocycles. The molecule has 0 aliphatic rings. The zero-order valence-corrected chi connectivity index (χ0v) is 16.8. The molecule has 0 aromatic heterocycles. The molecule has 6 heteroatoms. The van der Waals surface area contributed by atoms with Crippen molar-refractivity contribution in [2.75, 3.05) is 6.61 Å². The molecule has 1 atom stereocenters. The number of rotatable bonds is 8.